The third kappa shape index (κ3) is 2.13. The van der Waals surface area contributed by atoms with Crippen LogP contribution in [0.3, 0.4) is 0 Å². The van der Waals surface area contributed by atoms with Crippen molar-refractivity contribution in [2.24, 2.45) is 10.7 Å². The maximum absolute atomic E-state index is 9.60. The Balaban J connectivity index is 2.29. The molecule has 0 aromatic heterocycles. The number of hydrogen-bond acceptors (Lipinski definition) is 5. The van der Waals surface area contributed by atoms with Gasteiger partial charge in [-0.05, 0) is 24.6 Å². The van der Waals surface area contributed by atoms with Gasteiger partial charge in [-0.2, -0.15) is 0 Å². The van der Waals surface area contributed by atoms with Gasteiger partial charge in [-0.3, -0.25) is 4.99 Å². The fourth-order valence-corrected chi connectivity index (χ4v) is 2.29. The van der Waals surface area contributed by atoms with Crippen molar-refractivity contribution in [1.29, 1.82) is 0 Å². The highest BCUT2D eigenvalue weighted by Crippen LogP contribution is 2.33. The number of nitrogens with zero attached hydrogens (tertiary/aromatic N) is 2. The molecule has 5 nitrogen and oxygen atoms in total. The van der Waals surface area contributed by atoms with Gasteiger partial charge in [-0.25, -0.2) is 0 Å². The smallest absolute Gasteiger partial charge is 0.192 e. The lowest BCUT2D eigenvalue weighted by Crippen LogP contribution is -2.48. The molecular weight excluding hydrogens is 230 g/mol. The molecule has 3 N–H and O–H groups in total. The number of aliphatic imine (C=N–C) groups is 1. The quantitative estimate of drug-likeness (QED) is 0.831. The van der Waals surface area contributed by atoms with Crippen LogP contribution in [0.15, 0.2) is 29.3 Å². The van der Waals surface area contributed by atoms with Gasteiger partial charge < -0.3 is 20.5 Å². The van der Waals surface area contributed by atoms with Gasteiger partial charge in [0.1, 0.15) is 5.75 Å². The van der Waals surface area contributed by atoms with Crippen LogP contribution in [-0.2, 0) is 10.3 Å². The Labute approximate surface area is 107 Å². The van der Waals surface area contributed by atoms with Crippen molar-refractivity contribution < 1.29 is 9.84 Å². The number of phenolic OH excluding ortho intramolecular Hbond substituents is 1. The van der Waals surface area contributed by atoms with Crippen molar-refractivity contribution >= 4 is 5.96 Å². The Hall–Kier alpha value is -1.75. The summed E-state index contributed by atoms with van der Waals surface area (Å²) < 4.78 is 5.10. The molecule has 1 unspecified atom stereocenters. The number of guanidine groups is 1. The highest BCUT2D eigenvalue weighted by molar-refractivity contribution is 5.81. The SMILES string of the molecule is COCCN1C(N)=NCC1(C)c1cccc(O)c1. The van der Waals surface area contributed by atoms with Crippen molar-refractivity contribution in [2.45, 2.75) is 12.5 Å². The second-order valence-corrected chi connectivity index (χ2v) is 4.64. The van der Waals surface area contributed by atoms with Gasteiger partial charge in [-0.1, -0.05) is 12.1 Å². The molecule has 2 rings (SSSR count). The first-order valence-corrected chi connectivity index (χ1v) is 5.94. The van der Waals surface area contributed by atoms with E-state index in [1.165, 1.54) is 0 Å². The molecule has 0 bridgehead atoms. The molecule has 1 aliphatic heterocycles. The molecule has 1 aromatic carbocycles. The van der Waals surface area contributed by atoms with Gasteiger partial charge >= 0.3 is 0 Å². The first kappa shape index (κ1) is 12.7. The average molecular weight is 249 g/mol. The van der Waals surface area contributed by atoms with E-state index in [0.29, 0.717) is 25.7 Å². The summed E-state index contributed by atoms with van der Waals surface area (Å²) in [5.41, 5.74) is 6.61. The summed E-state index contributed by atoms with van der Waals surface area (Å²) in [6.07, 6.45) is 0. The molecule has 0 fully saturated rings. The second-order valence-electron chi connectivity index (χ2n) is 4.64. The summed E-state index contributed by atoms with van der Waals surface area (Å²) in [4.78, 5) is 6.33. The number of hydrogen-bond donors (Lipinski definition) is 2. The number of rotatable bonds is 4. The third-order valence-corrected chi connectivity index (χ3v) is 3.41. The fraction of sp³-hybridized carbons (Fsp3) is 0.462. The zero-order valence-corrected chi connectivity index (χ0v) is 10.8. The highest BCUT2D eigenvalue weighted by Gasteiger charge is 2.39. The summed E-state index contributed by atoms with van der Waals surface area (Å²) in [7, 11) is 1.66. The lowest BCUT2D eigenvalue weighted by molar-refractivity contribution is 0.137. The molecule has 98 valence electrons. The van der Waals surface area contributed by atoms with E-state index in [4.69, 9.17) is 10.5 Å². The normalized spacial score (nSPS) is 23.2. The van der Waals surface area contributed by atoms with Crippen molar-refractivity contribution in [3.05, 3.63) is 29.8 Å². The lowest BCUT2D eigenvalue weighted by atomic mass is 9.91. The van der Waals surface area contributed by atoms with Crippen molar-refractivity contribution in [3.8, 4) is 5.75 Å². The molecule has 0 saturated carbocycles. The van der Waals surface area contributed by atoms with Crippen molar-refractivity contribution in [3.63, 3.8) is 0 Å². The first-order chi connectivity index (χ1) is 8.58. The number of benzene rings is 1. The van der Waals surface area contributed by atoms with E-state index in [9.17, 15) is 5.11 Å². The third-order valence-electron chi connectivity index (χ3n) is 3.41. The number of phenols is 1. The molecule has 1 aromatic rings. The van der Waals surface area contributed by atoms with Gasteiger partial charge in [-0.15, -0.1) is 0 Å². The zero-order valence-electron chi connectivity index (χ0n) is 10.8. The summed E-state index contributed by atoms with van der Waals surface area (Å²) in [6.45, 7) is 3.93. The van der Waals surface area contributed by atoms with Gasteiger partial charge in [0.25, 0.3) is 0 Å². The predicted octanol–water partition coefficient (Wildman–Crippen LogP) is 0.884. The summed E-state index contributed by atoms with van der Waals surface area (Å²) in [5, 5.41) is 9.60. The second kappa shape index (κ2) is 4.86. The van der Waals surface area contributed by atoms with Crippen LogP contribution in [-0.4, -0.2) is 42.8 Å². The van der Waals surface area contributed by atoms with E-state index in [1.807, 2.05) is 17.0 Å². The van der Waals surface area contributed by atoms with Crippen LogP contribution in [0.5, 0.6) is 5.75 Å². The molecule has 1 heterocycles. The Bertz CT molecular complexity index is 461. The van der Waals surface area contributed by atoms with Gasteiger partial charge in [0.2, 0.25) is 0 Å². The van der Waals surface area contributed by atoms with Crippen molar-refractivity contribution in [2.75, 3.05) is 26.8 Å². The number of nitrogens with two attached hydrogens (primary N) is 1. The van der Waals surface area contributed by atoms with Crippen LogP contribution < -0.4 is 5.73 Å². The molecule has 0 radical (unpaired) electrons. The van der Waals surface area contributed by atoms with Gasteiger partial charge in [0, 0.05) is 13.7 Å². The topological polar surface area (TPSA) is 71.1 Å². The summed E-state index contributed by atoms with van der Waals surface area (Å²) >= 11 is 0. The monoisotopic (exact) mass is 249 g/mol. The number of ether oxygens (including phenoxy) is 1. The number of aromatic hydroxyl groups is 1. The van der Waals surface area contributed by atoms with E-state index < -0.39 is 0 Å². The molecule has 5 heteroatoms. The van der Waals surface area contributed by atoms with Crippen LogP contribution in [0, 0.1) is 0 Å². The highest BCUT2D eigenvalue weighted by atomic mass is 16.5. The molecule has 0 amide bonds. The molecule has 0 saturated heterocycles. The predicted molar refractivity (Wildman–Crippen MR) is 70.5 cm³/mol. The zero-order chi connectivity index (χ0) is 13.2. The molecule has 18 heavy (non-hydrogen) atoms. The Morgan fingerprint density at radius 3 is 3.00 bits per heavy atom. The molecule has 0 aliphatic carbocycles. The minimum Gasteiger partial charge on any atom is -0.508 e. The first-order valence-electron chi connectivity index (χ1n) is 5.94. The van der Waals surface area contributed by atoms with Crippen molar-refractivity contribution in [1.82, 2.24) is 4.90 Å². The summed E-state index contributed by atoms with van der Waals surface area (Å²) in [6, 6.07) is 7.23. The maximum Gasteiger partial charge on any atom is 0.192 e. The Morgan fingerprint density at radius 1 is 1.56 bits per heavy atom. The van der Waals surface area contributed by atoms with Crippen LogP contribution in [0.4, 0.5) is 0 Å². The van der Waals surface area contributed by atoms with E-state index in [2.05, 4.69) is 11.9 Å². The lowest BCUT2D eigenvalue weighted by Gasteiger charge is -2.36. The standard InChI is InChI=1S/C13H19N3O2/c1-13(10-4-3-5-11(17)8-10)9-15-12(14)16(13)6-7-18-2/h3-5,8,17H,6-7,9H2,1-2H3,(H2,14,15). The largest absolute Gasteiger partial charge is 0.508 e. The Morgan fingerprint density at radius 2 is 2.33 bits per heavy atom. The number of methoxy groups -OCH3 is 1. The average Bonchev–Trinajstić information content (AvgIpc) is 2.64. The van der Waals surface area contributed by atoms with Crippen LogP contribution in [0.25, 0.3) is 0 Å². The summed E-state index contributed by atoms with van der Waals surface area (Å²) in [5.74, 6) is 0.781. The Kier molecular flexibility index (Phi) is 3.43. The molecular formula is C13H19N3O2. The van der Waals surface area contributed by atoms with E-state index in [0.717, 1.165) is 5.56 Å². The van der Waals surface area contributed by atoms with Crippen LogP contribution in [0.1, 0.15) is 12.5 Å². The fourth-order valence-electron chi connectivity index (χ4n) is 2.29. The molecule has 1 atom stereocenters. The van der Waals surface area contributed by atoms with Crippen LogP contribution >= 0.6 is 0 Å². The minimum absolute atomic E-state index is 0.255. The van der Waals surface area contributed by atoms with Crippen LogP contribution in [0.2, 0.25) is 0 Å². The van der Waals surface area contributed by atoms with E-state index in [-0.39, 0.29) is 11.3 Å². The van der Waals surface area contributed by atoms with E-state index >= 15 is 0 Å². The van der Waals surface area contributed by atoms with Gasteiger partial charge in [0.05, 0.1) is 18.7 Å². The molecule has 0 spiro atoms. The van der Waals surface area contributed by atoms with E-state index in [1.54, 1.807) is 19.2 Å². The van der Waals surface area contributed by atoms with Gasteiger partial charge in [0.15, 0.2) is 5.96 Å². The maximum atomic E-state index is 9.60. The minimum atomic E-state index is -0.318. The molecule has 1 aliphatic rings.